The zero-order chi connectivity index (χ0) is 37.8. The third-order valence-electron chi connectivity index (χ3n) is 7.88. The zero-order valence-electron chi connectivity index (χ0n) is 33.8. The van der Waals surface area contributed by atoms with Crippen LogP contribution in [0.15, 0.2) is 29.2 Å². The summed E-state index contributed by atoms with van der Waals surface area (Å²) in [5.74, 6) is -1.57. The predicted molar refractivity (Wildman–Crippen MR) is 194 cm³/mol. The van der Waals surface area contributed by atoms with Crippen molar-refractivity contribution in [2.24, 2.45) is 11.8 Å². The van der Waals surface area contributed by atoms with Crippen molar-refractivity contribution in [1.29, 1.82) is 0 Å². The molecule has 3 aliphatic heterocycles. The number of aryl methyl sites for hydroxylation is 1. The SMILES string of the molecule is CC1CCCO1.COC(=O)[C@@H]1C[C@@H](C(=O)Sc2ccc(C)cc2)CN1C(=O)OC(C)(C)C.COC(=O)[C@@H]1C[C@@H](CO)CN1C(=O)OC(C)(C)C.[B].[H-].[Na+]. The first-order valence-corrected chi connectivity index (χ1v) is 17.8. The Morgan fingerprint density at radius 3 is 1.73 bits per heavy atom. The summed E-state index contributed by atoms with van der Waals surface area (Å²) >= 11 is 1.13. The van der Waals surface area contributed by atoms with E-state index in [1.807, 2.05) is 31.2 Å². The Morgan fingerprint density at radius 2 is 1.35 bits per heavy atom. The van der Waals surface area contributed by atoms with E-state index in [1.54, 1.807) is 41.5 Å². The molecule has 0 saturated carbocycles. The van der Waals surface area contributed by atoms with Crippen molar-refractivity contribution in [2.75, 3.05) is 40.5 Å². The molecule has 3 fully saturated rings. The molecule has 5 atom stereocenters. The summed E-state index contributed by atoms with van der Waals surface area (Å²) in [6.45, 7) is 16.0. The number of ether oxygens (including phenoxy) is 5. The minimum absolute atomic E-state index is 0. The Labute approximate surface area is 338 Å². The third kappa shape index (κ3) is 16.8. The molecule has 3 heterocycles. The van der Waals surface area contributed by atoms with Gasteiger partial charge in [0.2, 0.25) is 0 Å². The van der Waals surface area contributed by atoms with Gasteiger partial charge in [0.05, 0.1) is 20.3 Å². The summed E-state index contributed by atoms with van der Waals surface area (Å²) in [5, 5.41) is 9.06. The van der Waals surface area contributed by atoms with E-state index < -0.39 is 53.3 Å². The predicted octanol–water partition coefficient (Wildman–Crippen LogP) is 2.11. The van der Waals surface area contributed by atoms with E-state index in [1.165, 1.54) is 36.9 Å². The van der Waals surface area contributed by atoms with Gasteiger partial charge in [-0.25, -0.2) is 19.2 Å². The van der Waals surface area contributed by atoms with Crippen LogP contribution in [0.2, 0.25) is 0 Å². The van der Waals surface area contributed by atoms with E-state index in [9.17, 15) is 24.0 Å². The summed E-state index contributed by atoms with van der Waals surface area (Å²) in [5.41, 5.74) is -0.185. The minimum Gasteiger partial charge on any atom is -1.00 e. The second-order valence-corrected chi connectivity index (χ2v) is 15.7. The summed E-state index contributed by atoms with van der Waals surface area (Å²) in [4.78, 5) is 64.2. The quantitative estimate of drug-likeness (QED) is 0.202. The maximum absolute atomic E-state index is 12.6. The van der Waals surface area contributed by atoms with Crippen LogP contribution in [0, 0.1) is 18.8 Å². The average molecular weight is 760 g/mol. The Balaban J connectivity index is 0. The number of amides is 2. The number of hydrogen-bond donors (Lipinski definition) is 1. The van der Waals surface area contributed by atoms with E-state index in [0.29, 0.717) is 19.1 Å². The maximum atomic E-state index is 12.6. The molecule has 0 bridgehead atoms. The van der Waals surface area contributed by atoms with Crippen LogP contribution in [0.4, 0.5) is 9.59 Å². The number of benzene rings is 1. The van der Waals surface area contributed by atoms with Gasteiger partial charge in [0.1, 0.15) is 23.3 Å². The van der Waals surface area contributed by atoms with Gasteiger partial charge in [0.15, 0.2) is 5.12 Å². The van der Waals surface area contributed by atoms with Gasteiger partial charge in [-0.1, -0.05) is 29.5 Å². The van der Waals surface area contributed by atoms with Gasteiger partial charge in [-0.2, -0.15) is 0 Å². The number of thioether (sulfide) groups is 1. The minimum atomic E-state index is -0.803. The first kappa shape index (κ1) is 49.7. The monoisotopic (exact) mass is 759 g/mol. The molecule has 287 valence electrons. The second-order valence-electron chi connectivity index (χ2n) is 14.6. The van der Waals surface area contributed by atoms with Gasteiger partial charge in [0, 0.05) is 51.4 Å². The molecular weight excluding hydrogens is 702 g/mol. The molecule has 13 nitrogen and oxygen atoms in total. The normalized spacial score (nSPS) is 22.2. The van der Waals surface area contributed by atoms with Gasteiger partial charge in [0.25, 0.3) is 0 Å². The molecule has 3 saturated heterocycles. The Morgan fingerprint density at radius 1 is 0.865 bits per heavy atom. The largest absolute Gasteiger partial charge is 1.00 e. The Kier molecular flexibility index (Phi) is 21.8. The Hall–Kier alpha value is -2.30. The summed E-state index contributed by atoms with van der Waals surface area (Å²) in [7, 11) is 2.55. The van der Waals surface area contributed by atoms with Crippen molar-refractivity contribution in [1.82, 2.24) is 9.80 Å². The molecule has 0 aromatic heterocycles. The number of nitrogens with zero attached hydrogens (tertiary/aromatic N) is 2. The van der Waals surface area contributed by atoms with E-state index in [0.717, 1.165) is 28.8 Å². The molecule has 16 heteroatoms. The average Bonchev–Trinajstić information content (AvgIpc) is 3.80. The van der Waals surface area contributed by atoms with Crippen LogP contribution in [0.3, 0.4) is 0 Å². The molecule has 1 N–H and O–H groups in total. The number of carbonyl (C=O) groups excluding carboxylic acids is 5. The maximum Gasteiger partial charge on any atom is 1.00 e. The number of carbonyl (C=O) groups is 5. The van der Waals surface area contributed by atoms with Crippen LogP contribution < -0.4 is 29.6 Å². The van der Waals surface area contributed by atoms with Crippen LogP contribution in [-0.4, -0.2) is 122 Å². The fourth-order valence-electron chi connectivity index (χ4n) is 5.37. The number of methoxy groups -OCH3 is 2. The van der Waals surface area contributed by atoms with Crippen LogP contribution in [0.1, 0.15) is 81.1 Å². The van der Waals surface area contributed by atoms with Gasteiger partial charge >= 0.3 is 53.7 Å². The summed E-state index contributed by atoms with van der Waals surface area (Å²) in [6, 6.07) is 6.18. The van der Waals surface area contributed by atoms with Gasteiger partial charge in [-0.05, 0) is 93.2 Å². The molecule has 2 amide bonds. The first-order valence-electron chi connectivity index (χ1n) is 16.9. The standard InChI is InChI=1S/C19H25NO5S.C12H21NO5.C5H10O.B.Na.H/c1-12-6-8-14(9-7-12)26-17(22)13-10-15(16(21)24-5)20(11-13)18(23)25-19(2,3)4;1-12(2,3)18-11(16)13-6-8(7-14)5-9(13)10(15)17-4;1-5-3-2-4-6-5;;;/h6-9,13,15H,10-11H2,1-5H3;8-9,14H,5-7H2,1-4H3;5H,2-4H2,1H3;;;/q;;;;+1;-1/t13-,15+;8-,9+;;;;/m11..../s1. The molecule has 1 aromatic rings. The first-order chi connectivity index (χ1) is 23.3. The van der Waals surface area contributed by atoms with E-state index >= 15 is 0 Å². The van der Waals surface area contributed by atoms with E-state index in [2.05, 4.69) is 11.7 Å². The van der Waals surface area contributed by atoms with Crippen molar-refractivity contribution in [2.45, 2.75) is 115 Å². The van der Waals surface area contributed by atoms with Crippen LogP contribution in [0.5, 0.6) is 0 Å². The molecule has 0 aliphatic carbocycles. The number of aliphatic hydroxyl groups excluding tert-OH is 1. The van der Waals surface area contributed by atoms with Crippen LogP contribution in [-0.2, 0) is 38.1 Å². The molecule has 1 unspecified atom stereocenters. The number of hydrogen-bond acceptors (Lipinski definition) is 12. The second kappa shape index (κ2) is 22.8. The van der Waals surface area contributed by atoms with Crippen molar-refractivity contribution in [3.8, 4) is 0 Å². The topological polar surface area (TPSA) is 158 Å². The van der Waals surface area contributed by atoms with E-state index in [4.69, 9.17) is 24.1 Å². The molecule has 0 spiro atoms. The van der Waals surface area contributed by atoms with Gasteiger partial charge in [-0.15, -0.1) is 0 Å². The van der Waals surface area contributed by atoms with Gasteiger partial charge in [-0.3, -0.25) is 14.6 Å². The summed E-state index contributed by atoms with van der Waals surface area (Å²) in [6.07, 6.45) is 2.56. The van der Waals surface area contributed by atoms with Crippen LogP contribution >= 0.6 is 11.8 Å². The Bertz CT molecular complexity index is 1310. The fourth-order valence-corrected chi connectivity index (χ4v) is 6.21. The number of likely N-dealkylation sites (tertiary alicyclic amines) is 2. The fraction of sp³-hybridized carbons (Fsp3) is 0.694. The van der Waals surface area contributed by atoms with Crippen molar-refractivity contribution < 1.29 is 83.7 Å². The molecule has 4 rings (SSSR count). The third-order valence-corrected chi connectivity index (χ3v) is 8.92. The smallest absolute Gasteiger partial charge is 1.00 e. The molecule has 3 aliphatic rings. The van der Waals surface area contributed by atoms with Crippen molar-refractivity contribution >= 4 is 49.4 Å². The number of rotatable bonds is 5. The zero-order valence-corrected chi connectivity index (χ0v) is 35.6. The molecule has 52 heavy (non-hydrogen) atoms. The number of aliphatic hydroxyl groups is 1. The van der Waals surface area contributed by atoms with Crippen LogP contribution in [0.25, 0.3) is 0 Å². The molecule has 3 radical (unpaired) electrons. The molecule has 1 aromatic carbocycles. The van der Waals surface area contributed by atoms with Crippen molar-refractivity contribution in [3.05, 3.63) is 29.8 Å². The molecular formula is C36H57BN2NaO11S. The number of esters is 2. The summed E-state index contributed by atoms with van der Waals surface area (Å²) < 4.78 is 25.2. The van der Waals surface area contributed by atoms with E-state index in [-0.39, 0.29) is 70.0 Å². The van der Waals surface area contributed by atoms with Crippen molar-refractivity contribution in [3.63, 3.8) is 0 Å². The van der Waals surface area contributed by atoms with Gasteiger partial charge < -0.3 is 30.2 Å².